The number of amides is 4. The van der Waals surface area contributed by atoms with Crippen molar-refractivity contribution in [3.8, 4) is 0 Å². The quantitative estimate of drug-likeness (QED) is 0.204. The van der Waals surface area contributed by atoms with Gasteiger partial charge in [0.05, 0.1) is 0 Å². The molecular formula is C27H48N4O4. The number of carbonyl (C=O) groups is 4. The maximum atomic E-state index is 12.7. The number of carbonyl (C=O) groups excluding carboxylic acids is 4. The van der Waals surface area contributed by atoms with Gasteiger partial charge in [0.2, 0.25) is 5.91 Å². The van der Waals surface area contributed by atoms with Crippen molar-refractivity contribution in [3.63, 3.8) is 0 Å². The van der Waals surface area contributed by atoms with Crippen molar-refractivity contribution >= 4 is 23.6 Å². The fraction of sp³-hybridized carbons (Fsp3) is 0.852. The molecule has 2 heterocycles. The molecule has 2 fully saturated rings. The number of imide groups is 1. The molecule has 0 aromatic heterocycles. The third kappa shape index (κ3) is 9.90. The molecule has 0 bridgehead atoms. The Kier molecular flexibility index (Phi) is 11.2. The van der Waals surface area contributed by atoms with Crippen LogP contribution in [0.4, 0.5) is 0 Å². The van der Waals surface area contributed by atoms with Crippen LogP contribution in [0, 0.1) is 5.92 Å². The standard InChI is InChI=1S/C27H48N4O4/c1-6-7-8-9-10-11-12-13-14-15-16-20-17-22(32)31(25(20)35)29-24(34)23(33)28-21-18-26(2,3)30-27(4,5)19-21/h20-21,30H,6-19H2,1-5H3,(H,28,33)(H,29,34). The normalized spacial score (nSPS) is 21.9. The Morgan fingerprint density at radius 1 is 0.857 bits per heavy atom. The Balaban J connectivity index is 1.69. The Morgan fingerprint density at radius 2 is 1.37 bits per heavy atom. The van der Waals surface area contributed by atoms with Crippen molar-refractivity contribution in [2.75, 3.05) is 0 Å². The first kappa shape index (κ1) is 29.3. The summed E-state index contributed by atoms with van der Waals surface area (Å²) in [5.41, 5.74) is 1.88. The van der Waals surface area contributed by atoms with E-state index in [1.54, 1.807) is 0 Å². The Morgan fingerprint density at radius 3 is 1.91 bits per heavy atom. The maximum absolute atomic E-state index is 12.7. The molecule has 0 aromatic rings. The van der Waals surface area contributed by atoms with Gasteiger partial charge in [-0.05, 0) is 47.0 Å². The summed E-state index contributed by atoms with van der Waals surface area (Å²) in [7, 11) is 0. The number of piperidine rings is 1. The molecule has 1 atom stereocenters. The minimum Gasteiger partial charge on any atom is -0.345 e. The number of nitrogens with zero attached hydrogens (tertiary/aromatic N) is 1. The zero-order valence-corrected chi connectivity index (χ0v) is 22.6. The van der Waals surface area contributed by atoms with Gasteiger partial charge in [0.1, 0.15) is 0 Å². The van der Waals surface area contributed by atoms with Gasteiger partial charge in [-0.25, -0.2) is 5.43 Å². The number of hydrazine groups is 1. The first-order chi connectivity index (χ1) is 16.4. The van der Waals surface area contributed by atoms with Crippen LogP contribution >= 0.6 is 0 Å². The second-order valence-electron chi connectivity index (χ2n) is 11.9. The summed E-state index contributed by atoms with van der Waals surface area (Å²) in [4.78, 5) is 50.0. The van der Waals surface area contributed by atoms with Crippen LogP contribution in [0.2, 0.25) is 0 Å². The predicted octanol–water partition coefficient (Wildman–Crippen LogP) is 4.13. The van der Waals surface area contributed by atoms with Gasteiger partial charge in [-0.15, -0.1) is 0 Å². The van der Waals surface area contributed by atoms with E-state index >= 15 is 0 Å². The third-order valence-corrected chi connectivity index (χ3v) is 7.09. The van der Waals surface area contributed by atoms with E-state index in [2.05, 4.69) is 50.7 Å². The molecule has 0 saturated carbocycles. The van der Waals surface area contributed by atoms with Gasteiger partial charge in [-0.3, -0.25) is 19.2 Å². The fourth-order valence-corrected chi connectivity index (χ4v) is 5.74. The first-order valence-electron chi connectivity index (χ1n) is 13.7. The van der Waals surface area contributed by atoms with Crippen LogP contribution in [0.25, 0.3) is 0 Å². The largest absolute Gasteiger partial charge is 0.345 e. The zero-order chi connectivity index (χ0) is 26.1. The lowest BCUT2D eigenvalue weighted by Crippen LogP contribution is -2.63. The van der Waals surface area contributed by atoms with Crippen LogP contribution in [0.5, 0.6) is 0 Å². The number of hydrogen-bond donors (Lipinski definition) is 3. The van der Waals surface area contributed by atoms with Gasteiger partial charge in [-0.2, -0.15) is 5.01 Å². The second-order valence-corrected chi connectivity index (χ2v) is 11.9. The van der Waals surface area contributed by atoms with Crippen LogP contribution in [-0.2, 0) is 19.2 Å². The number of nitrogens with one attached hydrogen (secondary N) is 3. The molecule has 0 radical (unpaired) electrons. The highest BCUT2D eigenvalue weighted by Gasteiger charge is 2.41. The van der Waals surface area contributed by atoms with E-state index in [0.717, 1.165) is 24.3 Å². The van der Waals surface area contributed by atoms with E-state index in [4.69, 9.17) is 0 Å². The molecule has 2 rings (SSSR count). The molecular weight excluding hydrogens is 444 g/mol. The van der Waals surface area contributed by atoms with Gasteiger partial charge in [0.15, 0.2) is 0 Å². The lowest BCUT2D eigenvalue weighted by atomic mass is 9.79. The number of unbranched alkanes of at least 4 members (excludes halogenated alkanes) is 9. The van der Waals surface area contributed by atoms with Gasteiger partial charge in [0.25, 0.3) is 5.91 Å². The maximum Gasteiger partial charge on any atom is 0.328 e. The smallest absolute Gasteiger partial charge is 0.328 e. The molecule has 2 aliphatic rings. The first-order valence-corrected chi connectivity index (χ1v) is 13.7. The summed E-state index contributed by atoms with van der Waals surface area (Å²) in [6.45, 7) is 10.5. The van der Waals surface area contributed by atoms with Crippen molar-refractivity contribution < 1.29 is 19.2 Å². The minimum atomic E-state index is -0.972. The SMILES string of the molecule is CCCCCCCCCCCCC1CC(=O)N(NC(=O)C(=O)NC2CC(C)(C)NC(C)(C)C2)C1=O. The van der Waals surface area contributed by atoms with E-state index in [-0.39, 0.29) is 23.5 Å². The average molecular weight is 493 g/mol. The number of hydrogen-bond acceptors (Lipinski definition) is 5. The molecule has 35 heavy (non-hydrogen) atoms. The van der Waals surface area contributed by atoms with Crippen molar-refractivity contribution in [2.45, 2.75) is 142 Å². The highest BCUT2D eigenvalue weighted by atomic mass is 16.2. The van der Waals surface area contributed by atoms with Gasteiger partial charge in [-0.1, -0.05) is 71.1 Å². The average Bonchev–Trinajstić information content (AvgIpc) is 3.00. The topological polar surface area (TPSA) is 108 Å². The molecule has 4 amide bonds. The van der Waals surface area contributed by atoms with Crippen molar-refractivity contribution in [1.29, 1.82) is 0 Å². The monoisotopic (exact) mass is 492 g/mol. The molecule has 8 heteroatoms. The summed E-state index contributed by atoms with van der Waals surface area (Å²) in [6, 6.07) is -0.173. The van der Waals surface area contributed by atoms with Crippen molar-refractivity contribution in [1.82, 2.24) is 21.1 Å². The highest BCUT2D eigenvalue weighted by Crippen LogP contribution is 2.28. The van der Waals surface area contributed by atoms with E-state index in [1.807, 2.05) is 0 Å². The van der Waals surface area contributed by atoms with Crippen LogP contribution in [0.15, 0.2) is 0 Å². The van der Waals surface area contributed by atoms with Crippen LogP contribution in [0.1, 0.15) is 125 Å². The van der Waals surface area contributed by atoms with Crippen LogP contribution in [0.3, 0.4) is 0 Å². The van der Waals surface area contributed by atoms with E-state index in [9.17, 15) is 19.2 Å². The van der Waals surface area contributed by atoms with Gasteiger partial charge >= 0.3 is 11.8 Å². The molecule has 0 aliphatic carbocycles. The minimum absolute atomic E-state index is 0.0921. The van der Waals surface area contributed by atoms with Crippen molar-refractivity contribution in [2.24, 2.45) is 5.92 Å². The zero-order valence-electron chi connectivity index (χ0n) is 22.6. The molecule has 200 valence electrons. The summed E-state index contributed by atoms with van der Waals surface area (Å²) in [5, 5.41) is 7.06. The van der Waals surface area contributed by atoms with E-state index in [0.29, 0.717) is 19.3 Å². The second kappa shape index (κ2) is 13.4. The highest BCUT2D eigenvalue weighted by molar-refractivity contribution is 6.35. The Hall–Kier alpha value is -1.96. The molecule has 2 aliphatic heterocycles. The molecule has 0 aromatic carbocycles. The molecule has 1 unspecified atom stereocenters. The third-order valence-electron chi connectivity index (χ3n) is 7.09. The fourth-order valence-electron chi connectivity index (χ4n) is 5.74. The van der Waals surface area contributed by atoms with Gasteiger partial charge in [0, 0.05) is 29.5 Å². The molecule has 3 N–H and O–H groups in total. The summed E-state index contributed by atoms with van der Waals surface area (Å²) in [5.74, 6) is -3.05. The summed E-state index contributed by atoms with van der Waals surface area (Å²) in [6.07, 6.45) is 14.2. The Labute approximate surface area is 211 Å². The summed E-state index contributed by atoms with van der Waals surface area (Å²) < 4.78 is 0. The van der Waals surface area contributed by atoms with Crippen LogP contribution in [-0.4, -0.2) is 45.8 Å². The van der Waals surface area contributed by atoms with Gasteiger partial charge < -0.3 is 10.6 Å². The molecule has 2 saturated heterocycles. The van der Waals surface area contributed by atoms with E-state index in [1.165, 1.54) is 44.9 Å². The molecule has 8 nitrogen and oxygen atoms in total. The molecule has 0 spiro atoms. The summed E-state index contributed by atoms with van der Waals surface area (Å²) >= 11 is 0. The van der Waals surface area contributed by atoms with E-state index < -0.39 is 29.5 Å². The lowest BCUT2D eigenvalue weighted by molar-refractivity contribution is -0.151. The lowest BCUT2D eigenvalue weighted by Gasteiger charge is -2.46. The number of rotatable bonds is 13. The predicted molar refractivity (Wildman–Crippen MR) is 137 cm³/mol. The Bertz CT molecular complexity index is 733. The van der Waals surface area contributed by atoms with Crippen molar-refractivity contribution in [3.05, 3.63) is 0 Å². The van der Waals surface area contributed by atoms with Crippen LogP contribution < -0.4 is 16.1 Å².